The van der Waals surface area contributed by atoms with Gasteiger partial charge in [-0.05, 0) is 29.9 Å². The first-order chi connectivity index (χ1) is 9.62. The van der Waals surface area contributed by atoms with Crippen LogP contribution in [0, 0.1) is 0 Å². The highest BCUT2D eigenvalue weighted by Crippen LogP contribution is 2.19. The van der Waals surface area contributed by atoms with E-state index < -0.39 is 10.0 Å². The van der Waals surface area contributed by atoms with Gasteiger partial charge < -0.3 is 9.67 Å². The van der Waals surface area contributed by atoms with Gasteiger partial charge in [-0.2, -0.15) is 0 Å². The standard InChI is InChI=1S/C12H17N3O3S2/c16-8-11-7-12(19-9-11)20(17,18)14-3-1-2-5-15-6-4-13-10-15/h4,6-7,9-10,14,16H,1-3,5,8H2. The minimum atomic E-state index is -3.45. The molecule has 0 atom stereocenters. The average Bonchev–Trinajstić information content (AvgIpc) is 3.09. The number of rotatable bonds is 8. The van der Waals surface area contributed by atoms with Crippen LogP contribution in [-0.4, -0.2) is 29.6 Å². The van der Waals surface area contributed by atoms with Crippen LogP contribution in [0.1, 0.15) is 18.4 Å². The second kappa shape index (κ2) is 6.98. The van der Waals surface area contributed by atoms with E-state index in [0.717, 1.165) is 30.7 Å². The summed E-state index contributed by atoms with van der Waals surface area (Å²) in [6.45, 7) is 1.09. The monoisotopic (exact) mass is 315 g/mol. The Kier molecular flexibility index (Phi) is 5.30. The van der Waals surface area contributed by atoms with Crippen LogP contribution >= 0.6 is 11.3 Å². The number of nitrogens with one attached hydrogen (secondary N) is 1. The Bertz CT molecular complexity index is 620. The lowest BCUT2D eigenvalue weighted by Crippen LogP contribution is -2.24. The molecule has 2 rings (SSSR count). The Labute approximate surface area is 122 Å². The van der Waals surface area contributed by atoms with Crippen molar-refractivity contribution in [3.63, 3.8) is 0 Å². The highest BCUT2D eigenvalue weighted by Gasteiger charge is 2.15. The zero-order chi connectivity index (χ0) is 14.4. The number of aryl methyl sites for hydroxylation is 1. The number of hydrogen-bond acceptors (Lipinski definition) is 5. The third-order valence-electron chi connectivity index (χ3n) is 2.77. The fraction of sp³-hybridized carbons (Fsp3) is 0.417. The minimum absolute atomic E-state index is 0.142. The van der Waals surface area contributed by atoms with Gasteiger partial charge in [0.15, 0.2) is 0 Å². The highest BCUT2D eigenvalue weighted by atomic mass is 32.2. The topological polar surface area (TPSA) is 84.2 Å². The molecule has 8 heteroatoms. The number of sulfonamides is 1. The summed E-state index contributed by atoms with van der Waals surface area (Å²) in [5, 5.41) is 10.6. The predicted molar refractivity (Wildman–Crippen MR) is 76.9 cm³/mol. The van der Waals surface area contributed by atoms with Gasteiger partial charge in [-0.3, -0.25) is 0 Å². The van der Waals surface area contributed by atoms with Crippen molar-refractivity contribution in [2.75, 3.05) is 6.54 Å². The molecule has 6 nitrogen and oxygen atoms in total. The quantitative estimate of drug-likeness (QED) is 0.717. The number of unbranched alkanes of at least 4 members (excludes halogenated alkanes) is 1. The summed E-state index contributed by atoms with van der Waals surface area (Å²) in [7, 11) is -3.45. The smallest absolute Gasteiger partial charge is 0.250 e. The van der Waals surface area contributed by atoms with Crippen molar-refractivity contribution < 1.29 is 13.5 Å². The Morgan fingerprint density at radius 3 is 2.90 bits per heavy atom. The summed E-state index contributed by atoms with van der Waals surface area (Å²) in [6, 6.07) is 1.50. The largest absolute Gasteiger partial charge is 0.392 e. The fourth-order valence-corrected chi connectivity index (χ4v) is 4.01. The molecule has 0 aliphatic carbocycles. The molecule has 0 saturated heterocycles. The number of nitrogens with zero attached hydrogens (tertiary/aromatic N) is 2. The van der Waals surface area contributed by atoms with Crippen LogP contribution in [0.4, 0.5) is 0 Å². The Hall–Kier alpha value is -1.22. The number of thiophene rings is 1. The van der Waals surface area contributed by atoms with Gasteiger partial charge in [0.05, 0.1) is 12.9 Å². The van der Waals surface area contributed by atoms with Gasteiger partial charge in [0, 0.05) is 25.5 Å². The number of aromatic nitrogens is 2. The average molecular weight is 315 g/mol. The van der Waals surface area contributed by atoms with Crippen LogP contribution in [0.15, 0.2) is 34.4 Å². The molecule has 0 aromatic carbocycles. The first-order valence-corrected chi connectivity index (χ1v) is 8.62. The predicted octanol–water partition coefficient (Wildman–Crippen LogP) is 1.20. The first kappa shape index (κ1) is 15.2. The van der Waals surface area contributed by atoms with Crippen LogP contribution in [-0.2, 0) is 23.2 Å². The summed E-state index contributed by atoms with van der Waals surface area (Å²) < 4.78 is 28.7. The summed E-state index contributed by atoms with van der Waals surface area (Å²) in [4.78, 5) is 3.94. The molecule has 2 aromatic heterocycles. The maximum atomic E-state index is 12.0. The van der Waals surface area contributed by atoms with Gasteiger partial charge in [-0.25, -0.2) is 18.1 Å². The van der Waals surface area contributed by atoms with E-state index >= 15 is 0 Å². The molecule has 0 amide bonds. The molecule has 0 unspecified atom stereocenters. The van der Waals surface area contributed by atoms with Gasteiger partial charge in [0.2, 0.25) is 10.0 Å². The molecule has 110 valence electrons. The van der Waals surface area contributed by atoms with Crippen LogP contribution < -0.4 is 4.72 Å². The van der Waals surface area contributed by atoms with E-state index in [1.165, 1.54) is 6.07 Å². The molecule has 20 heavy (non-hydrogen) atoms. The lowest BCUT2D eigenvalue weighted by Gasteiger charge is -2.05. The van der Waals surface area contributed by atoms with Crippen molar-refractivity contribution in [2.24, 2.45) is 0 Å². The van der Waals surface area contributed by atoms with Crippen LogP contribution in [0.3, 0.4) is 0 Å². The molecule has 2 heterocycles. The summed E-state index contributed by atoms with van der Waals surface area (Å²) in [5.41, 5.74) is 0.621. The minimum Gasteiger partial charge on any atom is -0.392 e. The third-order valence-corrected chi connectivity index (χ3v) is 5.72. The van der Waals surface area contributed by atoms with E-state index in [2.05, 4.69) is 9.71 Å². The zero-order valence-electron chi connectivity index (χ0n) is 10.9. The molecule has 0 spiro atoms. The van der Waals surface area contributed by atoms with Crippen molar-refractivity contribution in [3.05, 3.63) is 35.7 Å². The molecule has 2 aromatic rings. The first-order valence-electron chi connectivity index (χ1n) is 6.25. The molecule has 0 aliphatic heterocycles. The molecular formula is C12H17N3O3S2. The van der Waals surface area contributed by atoms with Crippen LogP contribution in [0.25, 0.3) is 0 Å². The van der Waals surface area contributed by atoms with Crippen LogP contribution in [0.2, 0.25) is 0 Å². The van der Waals surface area contributed by atoms with E-state index in [1.807, 2.05) is 10.8 Å². The maximum absolute atomic E-state index is 12.0. The maximum Gasteiger partial charge on any atom is 0.250 e. The van der Waals surface area contributed by atoms with Crippen LogP contribution in [0.5, 0.6) is 0 Å². The number of aliphatic hydroxyl groups is 1. The molecular weight excluding hydrogens is 298 g/mol. The zero-order valence-corrected chi connectivity index (χ0v) is 12.5. The lowest BCUT2D eigenvalue weighted by molar-refractivity contribution is 0.282. The Morgan fingerprint density at radius 1 is 1.40 bits per heavy atom. The van der Waals surface area contributed by atoms with Gasteiger partial charge >= 0.3 is 0 Å². The van der Waals surface area contributed by atoms with E-state index in [4.69, 9.17) is 5.11 Å². The summed E-state index contributed by atoms with van der Waals surface area (Å²) >= 11 is 1.12. The highest BCUT2D eigenvalue weighted by molar-refractivity contribution is 7.91. The third kappa shape index (κ3) is 4.14. The van der Waals surface area contributed by atoms with E-state index in [-0.39, 0.29) is 10.8 Å². The van der Waals surface area contributed by atoms with Gasteiger partial charge in [0.1, 0.15) is 4.21 Å². The number of hydrogen-bond donors (Lipinski definition) is 2. The molecule has 0 saturated carbocycles. The summed E-state index contributed by atoms with van der Waals surface area (Å²) in [6.07, 6.45) is 6.98. The second-order valence-corrected chi connectivity index (χ2v) is 7.24. The second-order valence-electron chi connectivity index (χ2n) is 4.34. The van der Waals surface area contributed by atoms with Gasteiger partial charge in [-0.1, -0.05) is 0 Å². The van der Waals surface area contributed by atoms with Crippen molar-refractivity contribution >= 4 is 21.4 Å². The van der Waals surface area contributed by atoms with E-state index in [1.54, 1.807) is 17.9 Å². The van der Waals surface area contributed by atoms with Crippen molar-refractivity contribution in [1.82, 2.24) is 14.3 Å². The van der Waals surface area contributed by atoms with Gasteiger partial charge in [-0.15, -0.1) is 11.3 Å². The summed E-state index contributed by atoms with van der Waals surface area (Å²) in [5.74, 6) is 0. The Morgan fingerprint density at radius 2 is 2.25 bits per heavy atom. The molecule has 2 N–H and O–H groups in total. The van der Waals surface area contributed by atoms with Gasteiger partial charge in [0.25, 0.3) is 0 Å². The molecule has 0 radical (unpaired) electrons. The molecule has 0 fully saturated rings. The lowest BCUT2D eigenvalue weighted by atomic mass is 10.3. The SMILES string of the molecule is O=S(=O)(NCCCCn1ccnc1)c1cc(CO)cs1. The van der Waals surface area contributed by atoms with Crippen molar-refractivity contribution in [2.45, 2.75) is 30.2 Å². The normalized spacial score (nSPS) is 11.8. The van der Waals surface area contributed by atoms with Crippen molar-refractivity contribution in [1.29, 1.82) is 0 Å². The Balaban J connectivity index is 1.75. The fourth-order valence-electron chi connectivity index (χ4n) is 1.69. The number of aliphatic hydroxyl groups excluding tert-OH is 1. The molecule has 0 bridgehead atoms. The van der Waals surface area contributed by atoms with Crippen molar-refractivity contribution in [3.8, 4) is 0 Å². The number of imidazole rings is 1. The molecule has 0 aliphatic rings. The van der Waals surface area contributed by atoms with E-state index in [9.17, 15) is 8.42 Å². The van der Waals surface area contributed by atoms with E-state index in [0.29, 0.717) is 12.1 Å².